The average Bonchev–Trinajstić information content (AvgIpc) is 3.69. The summed E-state index contributed by atoms with van der Waals surface area (Å²) in [5.41, 5.74) is 4.52. The van der Waals surface area contributed by atoms with Crippen LogP contribution >= 0.6 is 0 Å². The van der Waals surface area contributed by atoms with Crippen molar-refractivity contribution in [2.75, 3.05) is 32.0 Å². The highest BCUT2D eigenvalue weighted by molar-refractivity contribution is 5.96. The second-order valence-electron chi connectivity index (χ2n) is 12.4. The summed E-state index contributed by atoms with van der Waals surface area (Å²) in [7, 11) is 4.65. The number of fused-ring (bicyclic) bond motifs is 4. The van der Waals surface area contributed by atoms with Crippen molar-refractivity contribution in [3.05, 3.63) is 75.9 Å². The van der Waals surface area contributed by atoms with Crippen LogP contribution in [-0.4, -0.2) is 59.4 Å². The number of para-hydroxylation sites is 1. The molecule has 3 unspecified atom stereocenters. The first-order chi connectivity index (χ1) is 24.1. The number of rotatable bonds is 11. The number of nitrogens with zero attached hydrogens (tertiary/aromatic N) is 2. The quantitative estimate of drug-likeness (QED) is 0.119. The molecular weight excluding hydrogens is 638 g/mol. The largest absolute Gasteiger partial charge is 0.493 e. The van der Waals surface area contributed by atoms with Crippen LogP contribution in [0.5, 0.6) is 17.2 Å². The molecule has 1 aliphatic carbocycles. The van der Waals surface area contributed by atoms with Crippen LogP contribution in [0.2, 0.25) is 0 Å². The second-order valence-corrected chi connectivity index (χ2v) is 12.4. The summed E-state index contributed by atoms with van der Waals surface area (Å²) in [5.74, 6) is 1.17. The van der Waals surface area contributed by atoms with E-state index in [1.807, 2.05) is 56.3 Å². The second kappa shape index (κ2) is 14.3. The zero-order chi connectivity index (χ0) is 35.5. The molecule has 5 aromatic rings. The predicted molar refractivity (Wildman–Crippen MR) is 192 cm³/mol. The first kappa shape index (κ1) is 34.0. The maximum atomic E-state index is 14.0. The van der Waals surface area contributed by atoms with Crippen molar-refractivity contribution in [1.82, 2.24) is 25.5 Å². The van der Waals surface area contributed by atoms with Gasteiger partial charge in [0.2, 0.25) is 28.9 Å². The highest BCUT2D eigenvalue weighted by Gasteiger charge is 2.31. The molecule has 0 saturated carbocycles. The Bertz CT molecular complexity index is 2090. The molecule has 5 N–H and O–H groups in total. The van der Waals surface area contributed by atoms with Crippen LogP contribution in [0.3, 0.4) is 0 Å². The number of H-pyrrole nitrogens is 2. The lowest BCUT2D eigenvalue weighted by atomic mass is 9.95. The summed E-state index contributed by atoms with van der Waals surface area (Å²) >= 11 is 0. The number of methoxy groups -OCH3 is 3. The van der Waals surface area contributed by atoms with Gasteiger partial charge in [-0.1, -0.05) is 44.5 Å². The Morgan fingerprint density at radius 1 is 1.02 bits per heavy atom. The van der Waals surface area contributed by atoms with E-state index >= 15 is 0 Å². The van der Waals surface area contributed by atoms with Crippen molar-refractivity contribution in [1.29, 1.82) is 0 Å². The van der Waals surface area contributed by atoms with Gasteiger partial charge in [-0.2, -0.15) is 4.98 Å². The van der Waals surface area contributed by atoms with Crippen molar-refractivity contribution in [2.24, 2.45) is 5.92 Å². The minimum atomic E-state index is -0.803. The molecule has 2 aromatic heterocycles. The zero-order valence-electron chi connectivity index (χ0n) is 28.9. The molecule has 2 amide bonds. The van der Waals surface area contributed by atoms with Gasteiger partial charge in [-0.25, -0.2) is 0 Å². The smallest absolute Gasteiger partial charge is 0.249 e. The fourth-order valence-electron chi connectivity index (χ4n) is 6.52. The van der Waals surface area contributed by atoms with E-state index in [9.17, 15) is 14.4 Å². The van der Waals surface area contributed by atoms with Crippen LogP contribution in [0.15, 0.2) is 59.4 Å². The molecule has 3 atom stereocenters. The number of hydrogen-bond acceptors (Lipinski definition) is 9. The normalized spacial score (nSPS) is 14.8. The molecule has 0 fully saturated rings. The van der Waals surface area contributed by atoms with E-state index in [-0.39, 0.29) is 28.9 Å². The number of carbonyl (C=O) groups excluding carboxylic acids is 2. The van der Waals surface area contributed by atoms with Gasteiger partial charge in [0, 0.05) is 23.4 Å². The standard InChI is InChI=1S/C37H41N7O6/c1-7-19(2)32(36(47)42-37-41-35(43-44-37)28-16-21-10-8-9-11-25(21)39-28)40-27-15-13-23-24(18-29(27)46)26(38-20(3)45)14-12-22-17-30(48-4)33(49-5)34(50-6)31(22)23/h8-11,13,15-19,26,32,39H,7,12,14H2,1-6H3,(H,38,45)(H,40,46)(H2,41,42,43,44,47). The van der Waals surface area contributed by atoms with Crippen LogP contribution in [-0.2, 0) is 16.0 Å². The first-order valence-electron chi connectivity index (χ1n) is 16.5. The van der Waals surface area contributed by atoms with Gasteiger partial charge in [0.05, 0.1) is 38.8 Å². The first-order valence-corrected chi connectivity index (χ1v) is 16.5. The Kier molecular flexibility index (Phi) is 9.75. The zero-order valence-corrected chi connectivity index (χ0v) is 28.9. The third-order valence-corrected chi connectivity index (χ3v) is 9.23. The summed E-state index contributed by atoms with van der Waals surface area (Å²) in [6.45, 7) is 5.36. The van der Waals surface area contributed by atoms with Crippen LogP contribution in [0.25, 0.3) is 33.5 Å². The number of aryl methyl sites for hydroxylation is 1. The molecule has 0 bridgehead atoms. The number of benzene rings is 2. The number of amides is 2. The Balaban J connectivity index is 1.36. The van der Waals surface area contributed by atoms with Crippen LogP contribution in [0.1, 0.15) is 50.8 Å². The third kappa shape index (κ3) is 6.58. The van der Waals surface area contributed by atoms with Crippen LogP contribution in [0.4, 0.5) is 11.6 Å². The summed E-state index contributed by atoms with van der Waals surface area (Å²) in [6.07, 6.45) is 1.76. The average molecular weight is 680 g/mol. The molecule has 0 spiro atoms. The third-order valence-electron chi connectivity index (χ3n) is 9.23. The van der Waals surface area contributed by atoms with Gasteiger partial charge >= 0.3 is 0 Å². The van der Waals surface area contributed by atoms with E-state index < -0.39 is 18.0 Å². The Hall–Kier alpha value is -5.85. The molecule has 13 heteroatoms. The van der Waals surface area contributed by atoms with Crippen LogP contribution < -0.4 is 35.6 Å². The lowest BCUT2D eigenvalue weighted by Gasteiger charge is -2.23. The molecule has 0 radical (unpaired) electrons. The van der Waals surface area contributed by atoms with Gasteiger partial charge in [0.15, 0.2) is 17.3 Å². The van der Waals surface area contributed by atoms with Crippen molar-refractivity contribution in [2.45, 2.75) is 52.1 Å². The SMILES string of the molecule is CCC(C)C(Nc1ccc2c(cc1=O)C(NC(C)=O)CCc1cc(OC)c(OC)c(OC)c1-2)C(=O)Nc1n[nH]c(-c2cc3ccccc3[nH]2)n1. The van der Waals surface area contributed by atoms with E-state index in [2.05, 4.69) is 36.1 Å². The molecule has 6 rings (SSSR count). The van der Waals surface area contributed by atoms with Crippen molar-refractivity contribution in [3.8, 4) is 39.9 Å². The molecule has 2 heterocycles. The molecule has 260 valence electrons. The molecule has 13 nitrogen and oxygen atoms in total. The summed E-state index contributed by atoms with van der Waals surface area (Å²) in [4.78, 5) is 47.9. The highest BCUT2D eigenvalue weighted by Crippen LogP contribution is 2.50. The number of ether oxygens (including phenoxy) is 3. The minimum absolute atomic E-state index is 0.109. The van der Waals surface area contributed by atoms with Gasteiger partial charge in [-0.05, 0) is 65.8 Å². The number of aromatic nitrogens is 4. The number of anilines is 2. The topological polar surface area (TPSA) is 172 Å². The van der Waals surface area contributed by atoms with Crippen molar-refractivity contribution < 1.29 is 23.8 Å². The monoisotopic (exact) mass is 679 g/mol. The summed E-state index contributed by atoms with van der Waals surface area (Å²) < 4.78 is 17.2. The van der Waals surface area contributed by atoms with E-state index in [4.69, 9.17) is 14.2 Å². The molecule has 0 aliphatic heterocycles. The van der Waals surface area contributed by atoms with E-state index in [1.54, 1.807) is 20.3 Å². The van der Waals surface area contributed by atoms with Gasteiger partial charge in [0.1, 0.15) is 6.04 Å². The molecular formula is C37H41N7O6. The van der Waals surface area contributed by atoms with Gasteiger partial charge in [0.25, 0.3) is 0 Å². The molecule has 0 saturated heterocycles. The Morgan fingerprint density at radius 3 is 2.50 bits per heavy atom. The number of nitrogens with one attached hydrogen (secondary N) is 5. The van der Waals surface area contributed by atoms with Crippen molar-refractivity contribution in [3.63, 3.8) is 0 Å². The lowest BCUT2D eigenvalue weighted by Crippen LogP contribution is -2.41. The van der Waals surface area contributed by atoms with E-state index in [0.29, 0.717) is 53.5 Å². The Labute approximate surface area is 289 Å². The Morgan fingerprint density at radius 2 is 1.80 bits per heavy atom. The number of carbonyl (C=O) groups is 2. The fourth-order valence-corrected chi connectivity index (χ4v) is 6.52. The maximum absolute atomic E-state index is 14.0. The molecule has 1 aliphatic rings. The maximum Gasteiger partial charge on any atom is 0.249 e. The fraction of sp³-hybridized carbons (Fsp3) is 0.324. The van der Waals surface area contributed by atoms with Crippen molar-refractivity contribution >= 4 is 34.4 Å². The van der Waals surface area contributed by atoms with Gasteiger partial charge < -0.3 is 29.8 Å². The van der Waals surface area contributed by atoms with E-state index in [1.165, 1.54) is 20.1 Å². The predicted octanol–water partition coefficient (Wildman–Crippen LogP) is 5.59. The van der Waals surface area contributed by atoms with Crippen LogP contribution in [0, 0.1) is 5.92 Å². The minimum Gasteiger partial charge on any atom is -0.493 e. The van der Waals surface area contributed by atoms with Gasteiger partial charge in [-0.15, -0.1) is 5.10 Å². The summed E-state index contributed by atoms with van der Waals surface area (Å²) in [6, 6.07) is 15.5. The lowest BCUT2D eigenvalue weighted by molar-refractivity contribution is -0.120. The summed E-state index contributed by atoms with van der Waals surface area (Å²) in [5, 5.41) is 17.2. The number of hydrogen-bond donors (Lipinski definition) is 5. The number of aromatic amines is 2. The van der Waals surface area contributed by atoms with E-state index in [0.717, 1.165) is 27.7 Å². The molecule has 3 aromatic carbocycles. The highest BCUT2D eigenvalue weighted by atomic mass is 16.5. The molecule has 50 heavy (non-hydrogen) atoms. The van der Waals surface area contributed by atoms with Gasteiger partial charge in [-0.3, -0.25) is 24.8 Å².